The maximum Gasteiger partial charge on any atom is 0.116 e. The Morgan fingerprint density at radius 2 is 1.56 bits per heavy atom. The Bertz CT molecular complexity index is 2160. The van der Waals surface area contributed by atoms with Crippen molar-refractivity contribution in [2.24, 2.45) is 0 Å². The predicted molar refractivity (Wildman–Crippen MR) is 149 cm³/mol. The fourth-order valence-electron chi connectivity index (χ4n) is 5.55. The van der Waals surface area contributed by atoms with Gasteiger partial charge >= 0.3 is 0 Å². The maximum atomic E-state index is 4.88. The summed E-state index contributed by atoms with van der Waals surface area (Å²) in [5, 5.41) is 9.09. The first kappa shape index (κ1) is 19.9. The summed E-state index contributed by atoms with van der Waals surface area (Å²) in [6.07, 6.45) is 4.39. The molecule has 0 fully saturated rings. The van der Waals surface area contributed by atoms with Crippen molar-refractivity contribution >= 4 is 75.9 Å². The van der Waals surface area contributed by atoms with Crippen molar-refractivity contribution in [3.63, 3.8) is 0 Å². The molecule has 4 aromatic heterocycles. The van der Waals surface area contributed by atoms with Crippen molar-refractivity contribution in [1.29, 1.82) is 0 Å². The minimum atomic E-state index is 0.882. The third kappa shape index (κ3) is 2.60. The van der Waals surface area contributed by atoms with Crippen molar-refractivity contribution in [2.75, 3.05) is 0 Å². The van der Waals surface area contributed by atoms with Gasteiger partial charge in [-0.15, -0.1) is 11.3 Å². The van der Waals surface area contributed by atoms with E-state index in [9.17, 15) is 0 Å². The molecule has 0 atom stereocenters. The van der Waals surface area contributed by atoms with Gasteiger partial charge in [0.1, 0.15) is 18.0 Å². The number of hydrogen-bond acceptors (Lipinski definition) is 5. The third-order valence-electron chi connectivity index (χ3n) is 7.21. The number of aryl methyl sites for hydroxylation is 2. The minimum absolute atomic E-state index is 0.882. The number of H-pyrrole nitrogens is 2. The van der Waals surface area contributed by atoms with Crippen LogP contribution in [-0.4, -0.2) is 29.9 Å². The molecule has 6 nitrogen and oxygen atoms in total. The molecule has 2 N–H and O–H groups in total. The van der Waals surface area contributed by atoms with Gasteiger partial charge in [-0.1, -0.05) is 31.2 Å². The van der Waals surface area contributed by atoms with Crippen LogP contribution in [0.1, 0.15) is 18.6 Å². The van der Waals surface area contributed by atoms with E-state index in [0.717, 1.165) is 67.4 Å². The second-order valence-electron chi connectivity index (χ2n) is 9.28. The van der Waals surface area contributed by atoms with Crippen LogP contribution >= 0.6 is 11.3 Å². The zero-order valence-corrected chi connectivity index (χ0v) is 20.5. The second-order valence-corrected chi connectivity index (χ2v) is 10.2. The van der Waals surface area contributed by atoms with Crippen molar-refractivity contribution in [2.45, 2.75) is 20.3 Å². The van der Waals surface area contributed by atoms with Gasteiger partial charge in [0.05, 0.1) is 27.6 Å². The van der Waals surface area contributed by atoms with E-state index in [1.54, 1.807) is 17.7 Å². The van der Waals surface area contributed by atoms with Gasteiger partial charge < -0.3 is 9.97 Å². The maximum absolute atomic E-state index is 4.88. The highest BCUT2D eigenvalue weighted by atomic mass is 32.1. The van der Waals surface area contributed by atoms with Gasteiger partial charge in [-0.2, -0.15) is 0 Å². The van der Waals surface area contributed by atoms with E-state index in [1.807, 2.05) is 13.1 Å². The minimum Gasteiger partial charge on any atom is -0.341 e. The Morgan fingerprint density at radius 1 is 0.750 bits per heavy atom. The summed E-state index contributed by atoms with van der Waals surface area (Å²) >= 11 is 1.78. The lowest BCUT2D eigenvalue weighted by Crippen LogP contribution is -1.88. The number of fused-ring (bicyclic) bond motifs is 12. The van der Waals surface area contributed by atoms with Gasteiger partial charge in [0.2, 0.25) is 0 Å². The molecule has 0 spiro atoms. The average molecular weight is 485 g/mol. The normalized spacial score (nSPS) is 12.3. The molecule has 36 heavy (non-hydrogen) atoms. The summed E-state index contributed by atoms with van der Waals surface area (Å²) in [4.78, 5) is 25.5. The molecule has 172 valence electrons. The third-order valence-corrected chi connectivity index (χ3v) is 8.16. The van der Waals surface area contributed by atoms with Gasteiger partial charge in [0, 0.05) is 44.2 Å². The molecule has 0 aliphatic heterocycles. The van der Waals surface area contributed by atoms with Gasteiger partial charge in [-0.3, -0.25) is 0 Å². The quantitative estimate of drug-likeness (QED) is 0.250. The fourth-order valence-corrected chi connectivity index (χ4v) is 6.48. The molecule has 0 bridgehead atoms. The Labute approximate surface area is 209 Å². The Kier molecular flexibility index (Phi) is 3.92. The molecular formula is C29H20N6S. The van der Waals surface area contributed by atoms with E-state index < -0.39 is 0 Å². The number of aromatic nitrogens is 6. The van der Waals surface area contributed by atoms with E-state index in [1.165, 1.54) is 26.4 Å². The number of benzene rings is 4. The van der Waals surface area contributed by atoms with Crippen molar-refractivity contribution < 1.29 is 0 Å². The van der Waals surface area contributed by atoms with Crippen LogP contribution in [0.5, 0.6) is 0 Å². The summed E-state index contributed by atoms with van der Waals surface area (Å²) in [6.45, 7) is 4.11. The zero-order valence-electron chi connectivity index (χ0n) is 19.7. The van der Waals surface area contributed by atoms with Crippen LogP contribution in [-0.2, 0) is 6.42 Å². The lowest BCUT2D eigenvalue weighted by Gasteiger charge is -2.10. The number of nitrogens with zero attached hydrogens (tertiary/aromatic N) is 4. The van der Waals surface area contributed by atoms with Gasteiger partial charge in [-0.25, -0.2) is 19.9 Å². The first-order valence-electron chi connectivity index (χ1n) is 12.0. The van der Waals surface area contributed by atoms with Crippen molar-refractivity contribution in [1.82, 2.24) is 29.9 Å². The van der Waals surface area contributed by atoms with Crippen molar-refractivity contribution in [3.05, 3.63) is 72.0 Å². The average Bonchev–Trinajstić information content (AvgIpc) is 3.66. The Morgan fingerprint density at radius 3 is 2.42 bits per heavy atom. The molecule has 0 saturated heterocycles. The van der Waals surface area contributed by atoms with Crippen LogP contribution in [0, 0.1) is 6.92 Å². The van der Waals surface area contributed by atoms with Gasteiger partial charge in [0.15, 0.2) is 0 Å². The highest BCUT2D eigenvalue weighted by molar-refractivity contribution is 7.18. The summed E-state index contributed by atoms with van der Waals surface area (Å²) in [6, 6.07) is 15.6. The Balaban J connectivity index is 1.43. The smallest absolute Gasteiger partial charge is 0.116 e. The van der Waals surface area contributed by atoms with Gasteiger partial charge in [-0.05, 0) is 47.0 Å². The van der Waals surface area contributed by atoms with Crippen LogP contribution in [0.3, 0.4) is 0 Å². The molecule has 4 aromatic carbocycles. The highest BCUT2D eigenvalue weighted by Gasteiger charge is 2.16. The molecule has 0 aliphatic rings. The fraction of sp³-hybridized carbons (Fsp3) is 0.103. The molecule has 8 rings (SSSR count). The molecule has 4 heterocycles. The monoisotopic (exact) mass is 484 g/mol. The number of nitrogens with one attached hydrogen (secondary N) is 2. The van der Waals surface area contributed by atoms with Crippen LogP contribution in [0.25, 0.3) is 75.7 Å². The molecular weight excluding hydrogens is 464 g/mol. The number of imidazole rings is 2. The SMILES string of the molecule is CCc1nc2c3ccsc3c3cc(-c4ccc5c(c4)c4cncnc4c4[nH]c(C)nc54)ccc3c2[nH]1. The van der Waals surface area contributed by atoms with E-state index in [0.29, 0.717) is 0 Å². The number of rotatable bonds is 2. The van der Waals surface area contributed by atoms with E-state index in [4.69, 9.17) is 9.97 Å². The van der Waals surface area contributed by atoms with Crippen LogP contribution in [0.2, 0.25) is 0 Å². The highest BCUT2D eigenvalue weighted by Crippen LogP contribution is 2.40. The van der Waals surface area contributed by atoms with Crippen LogP contribution in [0.15, 0.2) is 60.4 Å². The topological polar surface area (TPSA) is 83.1 Å². The molecule has 0 unspecified atom stereocenters. The molecule has 0 aliphatic carbocycles. The first-order chi connectivity index (χ1) is 17.7. The van der Waals surface area contributed by atoms with E-state index >= 15 is 0 Å². The number of thiophene rings is 1. The number of hydrogen-bond donors (Lipinski definition) is 2. The summed E-state index contributed by atoms with van der Waals surface area (Å²) in [5.74, 6) is 1.91. The molecule has 8 aromatic rings. The zero-order chi connectivity index (χ0) is 24.0. The van der Waals surface area contributed by atoms with E-state index in [2.05, 4.69) is 74.7 Å². The predicted octanol–water partition coefficient (Wildman–Crippen LogP) is 7.44. The summed E-state index contributed by atoms with van der Waals surface area (Å²) in [7, 11) is 0. The number of aromatic amines is 2. The lowest BCUT2D eigenvalue weighted by molar-refractivity contribution is 1.00. The van der Waals surface area contributed by atoms with Gasteiger partial charge in [0.25, 0.3) is 0 Å². The first-order valence-corrected chi connectivity index (χ1v) is 12.9. The Hall–Kier alpha value is -4.36. The largest absolute Gasteiger partial charge is 0.341 e. The molecule has 0 saturated carbocycles. The van der Waals surface area contributed by atoms with E-state index in [-0.39, 0.29) is 0 Å². The summed E-state index contributed by atoms with van der Waals surface area (Å²) in [5.41, 5.74) is 7.34. The van der Waals surface area contributed by atoms with Crippen molar-refractivity contribution in [3.8, 4) is 11.1 Å². The van der Waals surface area contributed by atoms with Crippen LogP contribution < -0.4 is 0 Å². The molecule has 0 amide bonds. The standard InChI is InChI=1S/C29H20N6S/c1-3-23-34-25-18-7-5-16(11-21(18)29-19(8-9-36-29)27(25)35-23)15-4-6-17-20(10-15)22-12-30-13-31-24(22)28-26(17)32-14(2)33-28/h4-13H,3H2,1-2H3,(H,32,33)(H,34,35). The second kappa shape index (κ2) is 7.08. The molecule has 7 heteroatoms. The van der Waals surface area contributed by atoms with Crippen LogP contribution in [0.4, 0.5) is 0 Å². The lowest BCUT2D eigenvalue weighted by atomic mass is 9.96. The summed E-state index contributed by atoms with van der Waals surface area (Å²) < 4.78 is 1.28. The molecule has 0 radical (unpaired) electrons.